The second kappa shape index (κ2) is 5.87. The first-order valence-corrected chi connectivity index (χ1v) is 5.42. The molecule has 0 aromatic heterocycles. The Kier molecular flexibility index (Phi) is 4.75. The lowest BCUT2D eigenvalue weighted by molar-refractivity contribution is 0.311. The molecule has 1 rings (SSSR count). The molecule has 0 fully saturated rings. The van der Waals surface area contributed by atoms with E-state index in [1.165, 1.54) is 0 Å². The molecule has 0 radical (unpaired) electrons. The number of rotatable bonds is 5. The van der Waals surface area contributed by atoms with E-state index in [4.69, 9.17) is 9.47 Å². The van der Waals surface area contributed by atoms with Crippen LogP contribution in [0.15, 0.2) is 18.2 Å². The fourth-order valence-corrected chi connectivity index (χ4v) is 1.46. The van der Waals surface area contributed by atoms with Crippen molar-refractivity contribution in [2.45, 2.75) is 19.8 Å². The Balaban J connectivity index is 2.59. The van der Waals surface area contributed by atoms with Gasteiger partial charge in [0.1, 0.15) is 11.5 Å². The van der Waals surface area contributed by atoms with Crippen LogP contribution in [0.1, 0.15) is 19.8 Å². The highest BCUT2D eigenvalue weighted by Crippen LogP contribution is 2.17. The molecule has 0 aliphatic heterocycles. The summed E-state index contributed by atoms with van der Waals surface area (Å²) >= 11 is 0. The third-order valence-electron chi connectivity index (χ3n) is 1.97. The van der Waals surface area contributed by atoms with E-state index >= 15 is 0 Å². The summed E-state index contributed by atoms with van der Waals surface area (Å²) in [7, 11) is 4.32. The Morgan fingerprint density at radius 2 is 2.14 bits per heavy atom. The van der Waals surface area contributed by atoms with Crippen LogP contribution in [0, 0.1) is 0 Å². The SMILES string of the molecule is CCCCOc1ccc(OC)cc1P. The summed E-state index contributed by atoms with van der Waals surface area (Å²) in [5, 5.41) is 1.04. The maximum Gasteiger partial charge on any atom is 0.126 e. The summed E-state index contributed by atoms with van der Waals surface area (Å²) in [5.41, 5.74) is 0. The highest BCUT2D eigenvalue weighted by atomic mass is 31.0. The van der Waals surface area contributed by atoms with Crippen molar-refractivity contribution in [2.75, 3.05) is 13.7 Å². The maximum atomic E-state index is 5.60. The van der Waals surface area contributed by atoms with Crippen molar-refractivity contribution >= 4 is 14.5 Å². The van der Waals surface area contributed by atoms with Gasteiger partial charge < -0.3 is 9.47 Å². The minimum Gasteiger partial charge on any atom is -0.497 e. The third-order valence-corrected chi connectivity index (χ3v) is 2.42. The zero-order valence-corrected chi connectivity index (χ0v) is 9.90. The molecule has 0 amide bonds. The summed E-state index contributed by atoms with van der Waals surface area (Å²) in [6, 6.07) is 5.80. The van der Waals surface area contributed by atoms with Crippen LogP contribution < -0.4 is 14.8 Å². The molecular formula is C11H17O2P. The van der Waals surface area contributed by atoms with Gasteiger partial charge in [-0.15, -0.1) is 9.24 Å². The molecule has 78 valence electrons. The van der Waals surface area contributed by atoms with Crippen LogP contribution in [0.2, 0.25) is 0 Å². The van der Waals surface area contributed by atoms with E-state index in [0.717, 1.165) is 36.3 Å². The topological polar surface area (TPSA) is 18.5 Å². The summed E-state index contributed by atoms with van der Waals surface area (Å²) in [6.07, 6.45) is 2.25. The van der Waals surface area contributed by atoms with Crippen molar-refractivity contribution in [3.8, 4) is 11.5 Å². The lowest BCUT2D eigenvalue weighted by atomic mass is 10.3. The van der Waals surface area contributed by atoms with Crippen molar-refractivity contribution < 1.29 is 9.47 Å². The zero-order chi connectivity index (χ0) is 10.4. The van der Waals surface area contributed by atoms with Crippen LogP contribution in [0.5, 0.6) is 11.5 Å². The smallest absolute Gasteiger partial charge is 0.126 e. The average Bonchev–Trinajstić information content (AvgIpc) is 2.20. The van der Waals surface area contributed by atoms with Gasteiger partial charge in [-0.05, 0) is 24.6 Å². The third kappa shape index (κ3) is 3.19. The molecule has 1 atom stereocenters. The Labute approximate surface area is 87.8 Å². The molecule has 14 heavy (non-hydrogen) atoms. The maximum absolute atomic E-state index is 5.60. The minimum atomic E-state index is 0.782. The van der Waals surface area contributed by atoms with E-state index in [0.29, 0.717) is 0 Å². The largest absolute Gasteiger partial charge is 0.497 e. The molecule has 2 nitrogen and oxygen atoms in total. The monoisotopic (exact) mass is 212 g/mol. The van der Waals surface area contributed by atoms with E-state index in [1.54, 1.807) is 7.11 Å². The molecule has 0 bridgehead atoms. The first-order valence-electron chi connectivity index (χ1n) is 4.84. The fourth-order valence-electron chi connectivity index (χ4n) is 1.11. The van der Waals surface area contributed by atoms with E-state index in [2.05, 4.69) is 16.2 Å². The standard InChI is InChI=1S/C11H17O2P/c1-3-4-7-13-10-6-5-9(12-2)8-11(10)14/h5-6,8H,3-4,7,14H2,1-2H3. The van der Waals surface area contributed by atoms with Gasteiger partial charge in [0.05, 0.1) is 13.7 Å². The molecule has 1 aromatic rings. The van der Waals surface area contributed by atoms with Gasteiger partial charge in [0.25, 0.3) is 0 Å². The van der Waals surface area contributed by atoms with Gasteiger partial charge in [-0.25, -0.2) is 0 Å². The molecule has 0 aliphatic rings. The lowest BCUT2D eigenvalue weighted by Gasteiger charge is -2.09. The number of unbranched alkanes of at least 4 members (excludes halogenated alkanes) is 1. The van der Waals surface area contributed by atoms with Gasteiger partial charge in [0, 0.05) is 5.30 Å². The molecule has 0 spiro atoms. The van der Waals surface area contributed by atoms with Crippen LogP contribution >= 0.6 is 9.24 Å². The van der Waals surface area contributed by atoms with Gasteiger partial charge in [0.2, 0.25) is 0 Å². The number of benzene rings is 1. The molecule has 0 N–H and O–H groups in total. The Hall–Kier alpha value is -0.750. The number of hydrogen-bond acceptors (Lipinski definition) is 2. The van der Waals surface area contributed by atoms with Crippen LogP contribution in [0.4, 0.5) is 0 Å². The highest BCUT2D eigenvalue weighted by molar-refractivity contribution is 7.27. The van der Waals surface area contributed by atoms with E-state index < -0.39 is 0 Å². The summed E-state index contributed by atoms with van der Waals surface area (Å²) < 4.78 is 10.7. The quantitative estimate of drug-likeness (QED) is 0.551. The van der Waals surface area contributed by atoms with Gasteiger partial charge in [-0.3, -0.25) is 0 Å². The predicted octanol–water partition coefficient (Wildman–Crippen LogP) is 2.37. The van der Waals surface area contributed by atoms with Crippen LogP contribution in [-0.2, 0) is 0 Å². The van der Waals surface area contributed by atoms with Gasteiger partial charge in [0.15, 0.2) is 0 Å². The van der Waals surface area contributed by atoms with E-state index in [1.807, 2.05) is 18.2 Å². The number of hydrogen-bond donors (Lipinski definition) is 0. The summed E-state index contributed by atoms with van der Waals surface area (Å²) in [5.74, 6) is 1.78. The van der Waals surface area contributed by atoms with Crippen molar-refractivity contribution in [3.05, 3.63) is 18.2 Å². The molecule has 3 heteroatoms. The van der Waals surface area contributed by atoms with Crippen molar-refractivity contribution in [1.82, 2.24) is 0 Å². The molecule has 1 unspecified atom stereocenters. The second-order valence-electron chi connectivity index (χ2n) is 3.11. The van der Waals surface area contributed by atoms with Crippen molar-refractivity contribution in [2.24, 2.45) is 0 Å². The zero-order valence-electron chi connectivity index (χ0n) is 8.75. The molecule has 0 saturated carbocycles. The normalized spacial score (nSPS) is 9.93. The molecular weight excluding hydrogens is 195 g/mol. The second-order valence-corrected chi connectivity index (χ2v) is 3.73. The fraction of sp³-hybridized carbons (Fsp3) is 0.455. The van der Waals surface area contributed by atoms with Gasteiger partial charge in [-0.2, -0.15) is 0 Å². The minimum absolute atomic E-state index is 0.782. The van der Waals surface area contributed by atoms with Gasteiger partial charge >= 0.3 is 0 Å². The van der Waals surface area contributed by atoms with Crippen LogP contribution in [-0.4, -0.2) is 13.7 Å². The molecule has 1 aromatic carbocycles. The number of ether oxygens (including phenoxy) is 2. The van der Waals surface area contributed by atoms with E-state index in [-0.39, 0.29) is 0 Å². The first kappa shape index (κ1) is 11.3. The molecule has 0 saturated heterocycles. The Bertz CT molecular complexity index is 287. The molecule has 0 heterocycles. The highest BCUT2D eigenvalue weighted by Gasteiger charge is 2.00. The van der Waals surface area contributed by atoms with Crippen molar-refractivity contribution in [3.63, 3.8) is 0 Å². The van der Waals surface area contributed by atoms with E-state index in [9.17, 15) is 0 Å². The Morgan fingerprint density at radius 3 is 2.71 bits per heavy atom. The lowest BCUT2D eigenvalue weighted by Crippen LogP contribution is -2.04. The summed E-state index contributed by atoms with van der Waals surface area (Å²) in [4.78, 5) is 0. The van der Waals surface area contributed by atoms with Crippen molar-refractivity contribution in [1.29, 1.82) is 0 Å². The average molecular weight is 212 g/mol. The van der Waals surface area contributed by atoms with Crippen LogP contribution in [0.25, 0.3) is 0 Å². The summed E-state index contributed by atoms with van der Waals surface area (Å²) in [6.45, 7) is 2.93. The molecule has 0 aliphatic carbocycles. The predicted molar refractivity (Wildman–Crippen MR) is 62.7 cm³/mol. The van der Waals surface area contributed by atoms with Gasteiger partial charge in [-0.1, -0.05) is 13.3 Å². The van der Waals surface area contributed by atoms with Crippen LogP contribution in [0.3, 0.4) is 0 Å². The first-order chi connectivity index (χ1) is 6.77. The Morgan fingerprint density at radius 1 is 1.36 bits per heavy atom. The number of methoxy groups -OCH3 is 1.